The maximum Gasteiger partial charge on any atom is 0.373 e. The van der Waals surface area contributed by atoms with E-state index >= 15 is 0 Å². The van der Waals surface area contributed by atoms with E-state index in [-0.39, 0.29) is 6.10 Å². The van der Waals surface area contributed by atoms with Gasteiger partial charge in [-0.1, -0.05) is 42.5 Å². The highest BCUT2D eigenvalue weighted by Gasteiger charge is 2.09. The van der Waals surface area contributed by atoms with Gasteiger partial charge in [-0.15, -0.1) is 0 Å². The van der Waals surface area contributed by atoms with Gasteiger partial charge in [0.05, 0.1) is 11.7 Å². The Morgan fingerprint density at radius 2 is 1.47 bits per heavy atom. The fourth-order valence-electron chi connectivity index (χ4n) is 1.62. The normalized spacial score (nSPS) is 10.5. The third-order valence-corrected chi connectivity index (χ3v) is 2.54. The number of carbonyl (C=O) groups excluding carboxylic acids is 1. The zero-order valence-corrected chi connectivity index (χ0v) is 11.0. The Labute approximate surface area is 112 Å². The highest BCUT2D eigenvalue weighted by molar-refractivity contribution is 5.89. The van der Waals surface area contributed by atoms with Crippen molar-refractivity contribution in [2.45, 2.75) is 20.0 Å². The van der Waals surface area contributed by atoms with Crippen LogP contribution < -0.4 is 0 Å². The van der Waals surface area contributed by atoms with E-state index in [4.69, 9.17) is 9.78 Å². The lowest BCUT2D eigenvalue weighted by atomic mass is 10.0. The molecule has 0 bridgehead atoms. The first-order chi connectivity index (χ1) is 9.16. The predicted molar refractivity (Wildman–Crippen MR) is 73.5 cm³/mol. The molecule has 0 aliphatic heterocycles. The van der Waals surface area contributed by atoms with Crippen molar-refractivity contribution in [2.24, 2.45) is 0 Å². The molecule has 3 nitrogen and oxygen atoms in total. The molecule has 0 N–H and O–H groups in total. The molecule has 2 rings (SSSR count). The van der Waals surface area contributed by atoms with Gasteiger partial charge >= 0.3 is 5.97 Å². The standard InChI is InChI=1S/C16H16O3/c1-12(2)18-19-16(17)15-10-8-14(9-11-15)13-6-4-3-5-7-13/h3-12H,1-2H3. The monoisotopic (exact) mass is 256 g/mol. The van der Waals surface area contributed by atoms with Gasteiger partial charge in [0.25, 0.3) is 0 Å². The van der Waals surface area contributed by atoms with Crippen LogP contribution >= 0.6 is 0 Å². The molecule has 0 radical (unpaired) electrons. The molecule has 0 spiro atoms. The minimum Gasteiger partial charge on any atom is -0.293 e. The molecule has 0 aliphatic rings. The van der Waals surface area contributed by atoms with Crippen LogP contribution in [0.25, 0.3) is 11.1 Å². The quantitative estimate of drug-likeness (QED) is 0.615. The van der Waals surface area contributed by atoms with Gasteiger partial charge in [0.2, 0.25) is 0 Å². The molecule has 2 aromatic rings. The molecular formula is C16H16O3. The lowest BCUT2D eigenvalue weighted by Gasteiger charge is -2.06. The van der Waals surface area contributed by atoms with E-state index in [2.05, 4.69) is 0 Å². The number of rotatable bonds is 4. The first-order valence-corrected chi connectivity index (χ1v) is 6.20. The third kappa shape index (κ3) is 3.66. The Hall–Kier alpha value is -2.13. The number of hydrogen-bond donors (Lipinski definition) is 0. The molecule has 19 heavy (non-hydrogen) atoms. The average Bonchev–Trinajstić information content (AvgIpc) is 2.46. The molecule has 3 heteroatoms. The number of carbonyl (C=O) groups is 1. The lowest BCUT2D eigenvalue weighted by Crippen LogP contribution is -2.10. The summed E-state index contributed by atoms with van der Waals surface area (Å²) in [6.45, 7) is 3.59. The smallest absolute Gasteiger partial charge is 0.293 e. The van der Waals surface area contributed by atoms with Crippen LogP contribution in [0.5, 0.6) is 0 Å². The van der Waals surface area contributed by atoms with E-state index < -0.39 is 5.97 Å². The second-order valence-electron chi connectivity index (χ2n) is 4.46. The van der Waals surface area contributed by atoms with Gasteiger partial charge in [0.15, 0.2) is 0 Å². The fourth-order valence-corrected chi connectivity index (χ4v) is 1.62. The zero-order chi connectivity index (χ0) is 13.7. The molecule has 0 amide bonds. The molecule has 0 saturated carbocycles. The van der Waals surface area contributed by atoms with Crippen LogP contribution in [0.3, 0.4) is 0 Å². The van der Waals surface area contributed by atoms with Gasteiger partial charge in [-0.2, -0.15) is 4.89 Å². The second-order valence-corrected chi connectivity index (χ2v) is 4.46. The summed E-state index contributed by atoms with van der Waals surface area (Å²) in [6.07, 6.45) is -0.146. The first-order valence-electron chi connectivity index (χ1n) is 6.20. The van der Waals surface area contributed by atoms with Crippen molar-refractivity contribution >= 4 is 5.97 Å². The Kier molecular flexibility index (Phi) is 4.31. The van der Waals surface area contributed by atoms with Crippen LogP contribution in [0.2, 0.25) is 0 Å². The molecule has 0 aromatic heterocycles. The van der Waals surface area contributed by atoms with Gasteiger partial charge in [-0.3, -0.25) is 4.89 Å². The topological polar surface area (TPSA) is 35.5 Å². The lowest BCUT2D eigenvalue weighted by molar-refractivity contribution is -0.265. The van der Waals surface area contributed by atoms with Gasteiger partial charge < -0.3 is 0 Å². The minimum absolute atomic E-state index is 0.146. The molecule has 0 fully saturated rings. The molecule has 0 unspecified atom stereocenters. The van der Waals surface area contributed by atoms with E-state index in [1.807, 2.05) is 42.5 Å². The maximum atomic E-state index is 11.6. The highest BCUT2D eigenvalue weighted by Crippen LogP contribution is 2.19. The average molecular weight is 256 g/mol. The van der Waals surface area contributed by atoms with Crippen molar-refractivity contribution in [1.82, 2.24) is 0 Å². The molecule has 0 heterocycles. The number of hydrogen-bond acceptors (Lipinski definition) is 3. The minimum atomic E-state index is -0.478. The summed E-state index contributed by atoms with van der Waals surface area (Å²) in [5.41, 5.74) is 2.64. The summed E-state index contributed by atoms with van der Waals surface area (Å²) in [6, 6.07) is 17.2. The Bertz CT molecular complexity index is 530. The number of benzene rings is 2. The molecule has 0 aliphatic carbocycles. The van der Waals surface area contributed by atoms with Crippen molar-refractivity contribution in [1.29, 1.82) is 0 Å². The summed E-state index contributed by atoms with van der Waals surface area (Å²) >= 11 is 0. The summed E-state index contributed by atoms with van der Waals surface area (Å²) in [4.78, 5) is 21.2. The SMILES string of the molecule is CC(C)OOC(=O)c1ccc(-c2ccccc2)cc1. The van der Waals surface area contributed by atoms with Crippen molar-refractivity contribution in [2.75, 3.05) is 0 Å². The van der Waals surface area contributed by atoms with Crippen LogP contribution in [0.1, 0.15) is 24.2 Å². The Morgan fingerprint density at radius 1 is 0.895 bits per heavy atom. The highest BCUT2D eigenvalue weighted by atomic mass is 17.2. The second kappa shape index (κ2) is 6.16. The van der Waals surface area contributed by atoms with Crippen LogP contribution in [0, 0.1) is 0 Å². The Balaban J connectivity index is 2.08. The van der Waals surface area contributed by atoms with E-state index in [0.29, 0.717) is 5.56 Å². The van der Waals surface area contributed by atoms with Crippen molar-refractivity contribution in [3.8, 4) is 11.1 Å². The van der Waals surface area contributed by atoms with Crippen molar-refractivity contribution in [3.05, 3.63) is 60.2 Å². The van der Waals surface area contributed by atoms with Crippen molar-refractivity contribution < 1.29 is 14.6 Å². The van der Waals surface area contributed by atoms with E-state index in [0.717, 1.165) is 11.1 Å². The molecule has 0 atom stereocenters. The summed E-state index contributed by atoms with van der Waals surface area (Å²) in [5, 5.41) is 0. The third-order valence-electron chi connectivity index (χ3n) is 2.54. The zero-order valence-electron chi connectivity index (χ0n) is 11.0. The summed E-state index contributed by atoms with van der Waals surface area (Å²) in [5.74, 6) is -0.478. The first kappa shape index (κ1) is 13.3. The largest absolute Gasteiger partial charge is 0.373 e. The van der Waals surface area contributed by atoms with E-state index in [1.54, 1.807) is 26.0 Å². The Morgan fingerprint density at radius 3 is 2.05 bits per heavy atom. The molecule has 98 valence electrons. The van der Waals surface area contributed by atoms with Crippen molar-refractivity contribution in [3.63, 3.8) is 0 Å². The maximum absolute atomic E-state index is 11.6. The van der Waals surface area contributed by atoms with Gasteiger partial charge in [0, 0.05) is 0 Å². The van der Waals surface area contributed by atoms with Gasteiger partial charge in [0.1, 0.15) is 0 Å². The molecule has 0 saturated heterocycles. The van der Waals surface area contributed by atoms with Crippen LogP contribution in [-0.2, 0) is 9.78 Å². The summed E-state index contributed by atoms with van der Waals surface area (Å²) < 4.78 is 0. The predicted octanol–water partition coefficient (Wildman–Crippen LogP) is 3.85. The molecule has 2 aromatic carbocycles. The van der Waals surface area contributed by atoms with Gasteiger partial charge in [-0.25, -0.2) is 4.79 Å². The molecular weight excluding hydrogens is 240 g/mol. The van der Waals surface area contributed by atoms with Crippen LogP contribution in [-0.4, -0.2) is 12.1 Å². The fraction of sp³-hybridized carbons (Fsp3) is 0.188. The van der Waals surface area contributed by atoms with E-state index in [9.17, 15) is 4.79 Å². The van der Waals surface area contributed by atoms with Crippen LogP contribution in [0.15, 0.2) is 54.6 Å². The van der Waals surface area contributed by atoms with E-state index in [1.165, 1.54) is 0 Å². The van der Waals surface area contributed by atoms with Crippen LogP contribution in [0.4, 0.5) is 0 Å². The summed E-state index contributed by atoms with van der Waals surface area (Å²) in [7, 11) is 0. The van der Waals surface area contributed by atoms with Gasteiger partial charge in [-0.05, 0) is 37.1 Å².